The van der Waals surface area contributed by atoms with Gasteiger partial charge in [-0.3, -0.25) is 0 Å². The molecule has 0 amide bonds. The molecule has 2 heterocycles. The van der Waals surface area contributed by atoms with E-state index in [0.29, 0.717) is 29.9 Å². The van der Waals surface area contributed by atoms with Gasteiger partial charge in [0.25, 0.3) is 0 Å². The standard InChI is InChI=1S/C19H24N2O2S.ClH/c22-24(23,18-8-7-15-4-1-2-5-17(15)14-18)21-12-9-16(10-13-21)19-6-3-11-20-19;/h1-2,4-5,7-8,14,16,19-20H,3,6,9-13H2;1H. The fraction of sp³-hybridized carbons (Fsp3) is 0.474. The first kappa shape index (κ1) is 18.6. The van der Waals surface area contributed by atoms with E-state index >= 15 is 0 Å². The molecule has 1 N–H and O–H groups in total. The van der Waals surface area contributed by atoms with Crippen LogP contribution in [0, 0.1) is 5.92 Å². The smallest absolute Gasteiger partial charge is 0.243 e. The molecule has 2 aromatic rings. The first-order valence-corrected chi connectivity index (χ1v) is 10.3. The highest BCUT2D eigenvalue weighted by atomic mass is 35.5. The monoisotopic (exact) mass is 380 g/mol. The van der Waals surface area contributed by atoms with Crippen LogP contribution in [0.3, 0.4) is 0 Å². The summed E-state index contributed by atoms with van der Waals surface area (Å²) in [7, 11) is -3.39. The fourth-order valence-corrected chi connectivity index (χ4v) is 5.61. The third kappa shape index (κ3) is 3.70. The molecule has 0 aromatic heterocycles. The highest BCUT2D eigenvalue weighted by Crippen LogP contribution is 2.29. The van der Waals surface area contributed by atoms with E-state index < -0.39 is 10.0 Å². The van der Waals surface area contributed by atoms with Crippen molar-refractivity contribution in [1.29, 1.82) is 0 Å². The van der Waals surface area contributed by atoms with Crippen LogP contribution in [0.4, 0.5) is 0 Å². The van der Waals surface area contributed by atoms with Crippen molar-refractivity contribution >= 4 is 33.2 Å². The van der Waals surface area contributed by atoms with Gasteiger partial charge in [-0.05, 0) is 61.1 Å². The maximum atomic E-state index is 13.0. The average Bonchev–Trinajstić information content (AvgIpc) is 3.16. The van der Waals surface area contributed by atoms with Crippen LogP contribution in [0.25, 0.3) is 10.8 Å². The molecule has 0 spiro atoms. The maximum absolute atomic E-state index is 13.0. The second-order valence-electron chi connectivity index (χ2n) is 6.95. The van der Waals surface area contributed by atoms with Crippen molar-refractivity contribution in [1.82, 2.24) is 9.62 Å². The van der Waals surface area contributed by atoms with Crippen molar-refractivity contribution < 1.29 is 8.42 Å². The minimum atomic E-state index is -3.39. The molecule has 0 aliphatic carbocycles. The van der Waals surface area contributed by atoms with Gasteiger partial charge >= 0.3 is 0 Å². The Morgan fingerprint density at radius 1 is 0.960 bits per heavy atom. The van der Waals surface area contributed by atoms with Crippen LogP contribution in [-0.2, 0) is 10.0 Å². The number of benzene rings is 2. The first-order valence-electron chi connectivity index (χ1n) is 8.87. The second-order valence-corrected chi connectivity index (χ2v) is 8.89. The Morgan fingerprint density at radius 3 is 2.36 bits per heavy atom. The summed E-state index contributed by atoms with van der Waals surface area (Å²) >= 11 is 0. The van der Waals surface area contributed by atoms with E-state index in [2.05, 4.69) is 5.32 Å². The molecule has 2 aliphatic rings. The normalized spacial score (nSPS) is 22.8. The van der Waals surface area contributed by atoms with Gasteiger partial charge in [-0.2, -0.15) is 4.31 Å². The molecule has 0 saturated carbocycles. The zero-order valence-electron chi connectivity index (χ0n) is 14.2. The summed E-state index contributed by atoms with van der Waals surface area (Å²) in [5.74, 6) is 0.621. The molecular formula is C19H25ClN2O2S. The van der Waals surface area contributed by atoms with Gasteiger partial charge < -0.3 is 5.32 Å². The summed E-state index contributed by atoms with van der Waals surface area (Å²) in [6, 6.07) is 13.9. The topological polar surface area (TPSA) is 49.4 Å². The summed E-state index contributed by atoms with van der Waals surface area (Å²) in [5.41, 5.74) is 0. The lowest BCUT2D eigenvalue weighted by Gasteiger charge is -2.34. The fourth-order valence-electron chi connectivity index (χ4n) is 4.11. The largest absolute Gasteiger partial charge is 0.314 e. The van der Waals surface area contributed by atoms with Crippen LogP contribution in [-0.4, -0.2) is 38.4 Å². The number of sulfonamides is 1. The molecule has 2 saturated heterocycles. The number of hydrogen-bond donors (Lipinski definition) is 1. The van der Waals surface area contributed by atoms with Crippen molar-refractivity contribution in [3.8, 4) is 0 Å². The SMILES string of the molecule is Cl.O=S(=O)(c1ccc2ccccc2c1)N1CCC(C2CCCN2)CC1. The Bertz CT molecular complexity index is 826. The lowest BCUT2D eigenvalue weighted by molar-refractivity contribution is 0.234. The van der Waals surface area contributed by atoms with Gasteiger partial charge in [0.05, 0.1) is 4.90 Å². The quantitative estimate of drug-likeness (QED) is 0.887. The Morgan fingerprint density at radius 2 is 1.68 bits per heavy atom. The van der Waals surface area contributed by atoms with Gasteiger partial charge in [0.1, 0.15) is 0 Å². The Hall–Kier alpha value is -1.14. The van der Waals surface area contributed by atoms with Crippen molar-refractivity contribution in [3.63, 3.8) is 0 Å². The van der Waals surface area contributed by atoms with Gasteiger partial charge in [0, 0.05) is 19.1 Å². The van der Waals surface area contributed by atoms with Crippen LogP contribution in [0.1, 0.15) is 25.7 Å². The Labute approximate surface area is 156 Å². The lowest BCUT2D eigenvalue weighted by Crippen LogP contribution is -2.43. The molecule has 4 rings (SSSR count). The number of nitrogens with one attached hydrogen (secondary N) is 1. The van der Waals surface area contributed by atoms with Crippen LogP contribution in [0.2, 0.25) is 0 Å². The lowest BCUT2D eigenvalue weighted by atomic mass is 9.89. The number of rotatable bonds is 3. The molecule has 6 heteroatoms. The predicted molar refractivity (Wildman–Crippen MR) is 104 cm³/mol. The number of fused-ring (bicyclic) bond motifs is 1. The van der Waals surface area contributed by atoms with Gasteiger partial charge in [0.15, 0.2) is 0 Å². The minimum Gasteiger partial charge on any atom is -0.314 e. The summed E-state index contributed by atoms with van der Waals surface area (Å²) in [4.78, 5) is 0.415. The van der Waals surface area contributed by atoms with E-state index in [1.807, 2.05) is 30.3 Å². The van der Waals surface area contributed by atoms with Crippen LogP contribution >= 0.6 is 12.4 Å². The zero-order valence-corrected chi connectivity index (χ0v) is 15.9. The van der Waals surface area contributed by atoms with E-state index in [1.165, 1.54) is 12.8 Å². The number of nitrogens with zero attached hydrogens (tertiary/aromatic N) is 1. The summed E-state index contributed by atoms with van der Waals surface area (Å²) in [6.45, 7) is 2.39. The molecule has 2 aliphatic heterocycles. The van der Waals surface area contributed by atoms with Crippen molar-refractivity contribution in [3.05, 3.63) is 42.5 Å². The molecular weight excluding hydrogens is 356 g/mol. The molecule has 1 unspecified atom stereocenters. The molecule has 1 atom stereocenters. The molecule has 0 bridgehead atoms. The van der Waals surface area contributed by atoms with Gasteiger partial charge in [-0.15, -0.1) is 12.4 Å². The van der Waals surface area contributed by atoms with Crippen molar-refractivity contribution in [2.75, 3.05) is 19.6 Å². The second kappa shape index (κ2) is 7.62. The summed E-state index contributed by atoms with van der Waals surface area (Å²) in [6.07, 6.45) is 4.41. The van der Waals surface area contributed by atoms with Crippen LogP contribution < -0.4 is 5.32 Å². The van der Waals surface area contributed by atoms with E-state index in [1.54, 1.807) is 16.4 Å². The van der Waals surface area contributed by atoms with E-state index in [0.717, 1.165) is 30.2 Å². The van der Waals surface area contributed by atoms with E-state index in [9.17, 15) is 8.42 Å². The minimum absolute atomic E-state index is 0. The van der Waals surface area contributed by atoms with Crippen molar-refractivity contribution in [2.24, 2.45) is 5.92 Å². The van der Waals surface area contributed by atoms with Crippen LogP contribution in [0.15, 0.2) is 47.4 Å². The van der Waals surface area contributed by atoms with Gasteiger partial charge in [-0.1, -0.05) is 30.3 Å². The molecule has 0 radical (unpaired) electrons. The number of halogens is 1. The molecule has 136 valence electrons. The van der Waals surface area contributed by atoms with Gasteiger partial charge in [-0.25, -0.2) is 8.42 Å². The number of piperidine rings is 1. The van der Waals surface area contributed by atoms with E-state index in [-0.39, 0.29) is 12.4 Å². The molecule has 2 fully saturated rings. The predicted octanol–water partition coefficient (Wildman–Crippen LogP) is 3.41. The Kier molecular flexibility index (Phi) is 5.68. The van der Waals surface area contributed by atoms with E-state index in [4.69, 9.17) is 0 Å². The third-order valence-electron chi connectivity index (χ3n) is 5.52. The molecule has 25 heavy (non-hydrogen) atoms. The average molecular weight is 381 g/mol. The summed E-state index contributed by atoms with van der Waals surface area (Å²) < 4.78 is 27.6. The first-order chi connectivity index (χ1) is 11.6. The molecule has 4 nitrogen and oxygen atoms in total. The van der Waals surface area contributed by atoms with Gasteiger partial charge in [0.2, 0.25) is 10.0 Å². The highest BCUT2D eigenvalue weighted by molar-refractivity contribution is 7.89. The van der Waals surface area contributed by atoms with Crippen LogP contribution in [0.5, 0.6) is 0 Å². The molecule has 2 aromatic carbocycles. The zero-order chi connectivity index (χ0) is 16.6. The number of hydrogen-bond acceptors (Lipinski definition) is 3. The maximum Gasteiger partial charge on any atom is 0.243 e. The highest BCUT2D eigenvalue weighted by Gasteiger charge is 2.33. The third-order valence-corrected chi connectivity index (χ3v) is 7.42. The Balaban J connectivity index is 0.00000182. The summed E-state index contributed by atoms with van der Waals surface area (Å²) in [5, 5.41) is 5.61. The van der Waals surface area contributed by atoms with Crippen molar-refractivity contribution in [2.45, 2.75) is 36.6 Å².